The first-order valence-corrected chi connectivity index (χ1v) is 8.76. The molecule has 2 aromatic heterocycles. The van der Waals surface area contributed by atoms with E-state index >= 15 is 0 Å². The van der Waals surface area contributed by atoms with E-state index in [0.29, 0.717) is 17.7 Å². The smallest absolute Gasteiger partial charge is 0.240 e. The Labute approximate surface area is 144 Å². The van der Waals surface area contributed by atoms with Gasteiger partial charge in [0.1, 0.15) is 5.01 Å². The van der Waals surface area contributed by atoms with Crippen molar-refractivity contribution in [2.75, 3.05) is 36.9 Å². The Balaban J connectivity index is 1.54. The zero-order valence-corrected chi connectivity index (χ0v) is 14.7. The zero-order valence-electron chi connectivity index (χ0n) is 13.8. The Morgan fingerprint density at radius 3 is 3.04 bits per heavy atom. The molecule has 24 heavy (non-hydrogen) atoms. The number of anilines is 2. The van der Waals surface area contributed by atoms with Gasteiger partial charge in [0, 0.05) is 25.3 Å². The van der Waals surface area contributed by atoms with Gasteiger partial charge in [0.2, 0.25) is 11.0 Å². The average Bonchev–Trinajstić information content (AvgIpc) is 3.00. The van der Waals surface area contributed by atoms with Crippen LogP contribution in [0.15, 0.2) is 18.3 Å². The first kappa shape index (κ1) is 16.7. The lowest BCUT2D eigenvalue weighted by Crippen LogP contribution is -2.48. The maximum absolute atomic E-state index is 12.2. The quantitative estimate of drug-likeness (QED) is 0.869. The molecule has 3 rings (SSSR count). The van der Waals surface area contributed by atoms with Gasteiger partial charge in [-0.1, -0.05) is 11.3 Å². The van der Waals surface area contributed by atoms with Crippen LogP contribution in [0.5, 0.6) is 0 Å². The molecule has 2 aromatic rings. The molecule has 0 unspecified atom stereocenters. The van der Waals surface area contributed by atoms with Crippen LogP contribution in [0.25, 0.3) is 0 Å². The van der Waals surface area contributed by atoms with Gasteiger partial charge in [0.25, 0.3) is 0 Å². The van der Waals surface area contributed by atoms with Crippen LogP contribution in [0.2, 0.25) is 0 Å². The molecular formula is C15H21N7OS. The number of rotatable bonds is 5. The van der Waals surface area contributed by atoms with Crippen LogP contribution in [-0.4, -0.2) is 63.9 Å². The fraction of sp³-hybridized carbons (Fsp3) is 0.533. The van der Waals surface area contributed by atoms with Crippen molar-refractivity contribution < 1.29 is 4.79 Å². The van der Waals surface area contributed by atoms with Crippen LogP contribution in [-0.2, 0) is 4.79 Å². The predicted octanol–water partition coefficient (Wildman–Crippen LogP) is 1.18. The van der Waals surface area contributed by atoms with E-state index < -0.39 is 0 Å². The van der Waals surface area contributed by atoms with E-state index in [9.17, 15) is 4.79 Å². The van der Waals surface area contributed by atoms with Crippen LogP contribution < -0.4 is 10.2 Å². The monoisotopic (exact) mass is 347 g/mol. The first-order chi connectivity index (χ1) is 11.6. The fourth-order valence-corrected chi connectivity index (χ4v) is 3.45. The average molecular weight is 347 g/mol. The second kappa shape index (κ2) is 7.63. The van der Waals surface area contributed by atoms with E-state index in [2.05, 4.69) is 35.5 Å². The van der Waals surface area contributed by atoms with Crippen molar-refractivity contribution in [1.29, 1.82) is 0 Å². The minimum Gasteiger partial charge on any atom is -0.354 e. The minimum absolute atomic E-state index is 0.0646. The van der Waals surface area contributed by atoms with E-state index in [1.54, 1.807) is 6.20 Å². The highest BCUT2D eigenvalue weighted by Gasteiger charge is 2.25. The highest BCUT2D eigenvalue weighted by Crippen LogP contribution is 2.20. The number of aromatic nitrogens is 4. The molecule has 3 heterocycles. The lowest BCUT2D eigenvalue weighted by molar-refractivity contribution is -0.117. The largest absolute Gasteiger partial charge is 0.354 e. The summed E-state index contributed by atoms with van der Waals surface area (Å²) >= 11 is 1.38. The Kier molecular flexibility index (Phi) is 5.31. The third-order valence-corrected chi connectivity index (χ3v) is 4.82. The standard InChI is InChI=1S/C15H21N7OS/c1-11-18-20-15(24-11)17-14(23)10-21(2)12-5-4-8-22(9-12)13-6-3-7-16-19-13/h3,6-7,12H,4-5,8-10H2,1-2H3,(H,17,20,23)/t12-/m1/s1. The summed E-state index contributed by atoms with van der Waals surface area (Å²) in [4.78, 5) is 16.5. The fourth-order valence-electron chi connectivity index (χ4n) is 2.85. The molecule has 1 N–H and O–H groups in total. The maximum atomic E-state index is 12.2. The van der Waals surface area contributed by atoms with E-state index in [1.165, 1.54) is 11.3 Å². The molecule has 1 amide bonds. The van der Waals surface area contributed by atoms with Crippen LogP contribution in [0.4, 0.5) is 10.9 Å². The lowest BCUT2D eigenvalue weighted by Gasteiger charge is -2.37. The number of hydrogen-bond donors (Lipinski definition) is 1. The molecule has 0 radical (unpaired) electrons. The molecule has 0 spiro atoms. The number of nitrogens with zero attached hydrogens (tertiary/aromatic N) is 6. The predicted molar refractivity (Wildman–Crippen MR) is 93.2 cm³/mol. The highest BCUT2D eigenvalue weighted by atomic mass is 32.1. The maximum Gasteiger partial charge on any atom is 0.240 e. The van der Waals surface area contributed by atoms with Gasteiger partial charge in [-0.2, -0.15) is 5.10 Å². The van der Waals surface area contributed by atoms with Gasteiger partial charge in [-0.3, -0.25) is 15.0 Å². The number of piperidine rings is 1. The molecule has 0 aromatic carbocycles. The van der Waals surface area contributed by atoms with Crippen LogP contribution in [0.1, 0.15) is 17.8 Å². The second-order valence-corrected chi connectivity index (χ2v) is 7.10. The van der Waals surface area contributed by atoms with E-state index in [-0.39, 0.29) is 5.91 Å². The molecule has 9 heteroatoms. The van der Waals surface area contributed by atoms with Gasteiger partial charge >= 0.3 is 0 Å². The van der Waals surface area contributed by atoms with Gasteiger partial charge in [-0.05, 0) is 38.9 Å². The first-order valence-electron chi connectivity index (χ1n) is 7.94. The van der Waals surface area contributed by atoms with E-state index in [1.807, 2.05) is 26.1 Å². The van der Waals surface area contributed by atoms with Crippen molar-refractivity contribution >= 4 is 28.2 Å². The summed E-state index contributed by atoms with van der Waals surface area (Å²) in [5, 5.41) is 20.1. The number of hydrogen-bond acceptors (Lipinski definition) is 8. The van der Waals surface area contributed by atoms with Crippen molar-refractivity contribution in [3.63, 3.8) is 0 Å². The Bertz CT molecular complexity index is 677. The molecule has 0 saturated carbocycles. The van der Waals surface area contributed by atoms with Gasteiger partial charge in [-0.25, -0.2) is 0 Å². The summed E-state index contributed by atoms with van der Waals surface area (Å²) in [7, 11) is 1.98. The lowest BCUT2D eigenvalue weighted by atomic mass is 10.0. The normalized spacial score (nSPS) is 18.0. The number of carbonyl (C=O) groups excluding carboxylic acids is 1. The summed E-state index contributed by atoms with van der Waals surface area (Å²) in [6.45, 7) is 4.01. The number of amides is 1. The number of carbonyl (C=O) groups is 1. The molecule has 1 aliphatic rings. The molecule has 1 saturated heterocycles. The third-order valence-electron chi connectivity index (χ3n) is 4.07. The van der Waals surface area contributed by atoms with Gasteiger partial charge in [-0.15, -0.1) is 15.3 Å². The van der Waals surface area contributed by atoms with Crippen LogP contribution >= 0.6 is 11.3 Å². The topological polar surface area (TPSA) is 87.1 Å². The van der Waals surface area contributed by atoms with Gasteiger partial charge in [0.05, 0.1) is 6.54 Å². The van der Waals surface area contributed by atoms with Crippen LogP contribution in [0, 0.1) is 6.92 Å². The number of likely N-dealkylation sites (N-methyl/N-ethyl adjacent to an activating group) is 1. The summed E-state index contributed by atoms with van der Waals surface area (Å²) in [5.74, 6) is 0.828. The van der Waals surface area contributed by atoms with Gasteiger partial charge < -0.3 is 4.90 Å². The highest BCUT2D eigenvalue weighted by molar-refractivity contribution is 7.15. The molecule has 8 nitrogen and oxygen atoms in total. The van der Waals surface area contributed by atoms with Crippen molar-refractivity contribution in [3.05, 3.63) is 23.3 Å². The van der Waals surface area contributed by atoms with Crippen molar-refractivity contribution in [2.45, 2.75) is 25.8 Å². The minimum atomic E-state index is -0.0646. The molecule has 0 bridgehead atoms. The third kappa shape index (κ3) is 4.24. The number of nitrogens with one attached hydrogen (secondary N) is 1. The zero-order chi connectivity index (χ0) is 16.9. The molecule has 1 atom stereocenters. The van der Waals surface area contributed by atoms with Crippen molar-refractivity contribution in [3.8, 4) is 0 Å². The number of aryl methyl sites for hydroxylation is 1. The Morgan fingerprint density at radius 1 is 1.46 bits per heavy atom. The molecule has 1 fully saturated rings. The van der Waals surface area contributed by atoms with E-state index in [0.717, 1.165) is 36.8 Å². The van der Waals surface area contributed by atoms with E-state index in [4.69, 9.17) is 0 Å². The summed E-state index contributed by atoms with van der Waals surface area (Å²) in [6, 6.07) is 4.18. The molecular weight excluding hydrogens is 326 g/mol. The Hall–Kier alpha value is -2.13. The SMILES string of the molecule is Cc1nnc(NC(=O)CN(C)[C@@H]2CCCN(c3cccnn3)C2)s1. The molecule has 0 aliphatic carbocycles. The second-order valence-electron chi connectivity index (χ2n) is 5.91. The Morgan fingerprint density at radius 2 is 2.33 bits per heavy atom. The summed E-state index contributed by atoms with van der Waals surface area (Å²) in [6.07, 6.45) is 3.82. The molecule has 128 valence electrons. The summed E-state index contributed by atoms with van der Waals surface area (Å²) < 4.78 is 0. The van der Waals surface area contributed by atoms with Crippen molar-refractivity contribution in [2.24, 2.45) is 0 Å². The van der Waals surface area contributed by atoms with Crippen LogP contribution in [0.3, 0.4) is 0 Å². The molecule has 1 aliphatic heterocycles. The van der Waals surface area contributed by atoms with Gasteiger partial charge in [0.15, 0.2) is 5.82 Å². The summed E-state index contributed by atoms with van der Waals surface area (Å²) in [5.41, 5.74) is 0. The van der Waals surface area contributed by atoms with Crippen molar-refractivity contribution in [1.82, 2.24) is 25.3 Å².